The normalized spacial score (nSPS) is 11.7. The summed E-state index contributed by atoms with van der Waals surface area (Å²) in [5.74, 6) is -0.873. The van der Waals surface area contributed by atoms with Gasteiger partial charge in [-0.2, -0.15) is 23.4 Å². The van der Waals surface area contributed by atoms with Gasteiger partial charge in [-0.15, -0.1) is 11.3 Å². The standard InChI is InChI=1S/C25H22F3N7O3S/c1-3-15-7-8-19(39-15)16-10-20(25(26,27)28)35-21(30-16)11-17(32-35)23(36)31-18-13-34(4-2)33-22(18)24(37)29-12-14-6-5-9-38-14/h5-11,13H,3-4,12H2,1-2H3,(H,29,37)(H,31,36). The van der Waals surface area contributed by atoms with E-state index in [0.717, 1.165) is 17.4 Å². The van der Waals surface area contributed by atoms with Crippen molar-refractivity contribution in [2.45, 2.75) is 39.5 Å². The van der Waals surface area contributed by atoms with E-state index in [1.165, 1.54) is 34.5 Å². The fourth-order valence-electron chi connectivity index (χ4n) is 3.81. The molecule has 0 saturated heterocycles. The highest BCUT2D eigenvalue weighted by molar-refractivity contribution is 7.15. The van der Waals surface area contributed by atoms with E-state index in [1.54, 1.807) is 25.1 Å². The van der Waals surface area contributed by atoms with Gasteiger partial charge in [0.15, 0.2) is 22.7 Å². The van der Waals surface area contributed by atoms with Crippen LogP contribution in [0.1, 0.15) is 51.2 Å². The van der Waals surface area contributed by atoms with E-state index in [-0.39, 0.29) is 35.0 Å². The van der Waals surface area contributed by atoms with E-state index < -0.39 is 23.7 Å². The van der Waals surface area contributed by atoms with Gasteiger partial charge in [-0.1, -0.05) is 6.92 Å². The number of hydrogen-bond acceptors (Lipinski definition) is 7. The van der Waals surface area contributed by atoms with Crippen LogP contribution in [0, 0.1) is 0 Å². The lowest BCUT2D eigenvalue weighted by Crippen LogP contribution is -2.25. The van der Waals surface area contributed by atoms with Gasteiger partial charge in [-0.25, -0.2) is 9.50 Å². The lowest BCUT2D eigenvalue weighted by Gasteiger charge is -2.10. The number of anilines is 1. The van der Waals surface area contributed by atoms with Gasteiger partial charge in [-0.05, 0) is 43.7 Å². The van der Waals surface area contributed by atoms with Crippen molar-refractivity contribution in [3.8, 4) is 10.6 Å². The number of furan rings is 1. The maximum Gasteiger partial charge on any atom is 0.433 e. The first-order valence-electron chi connectivity index (χ1n) is 11.9. The van der Waals surface area contributed by atoms with E-state index in [1.807, 2.05) is 13.0 Å². The second-order valence-corrected chi connectivity index (χ2v) is 9.58. The van der Waals surface area contributed by atoms with Crippen LogP contribution in [0.5, 0.6) is 0 Å². The Morgan fingerprint density at radius 2 is 1.92 bits per heavy atom. The molecule has 0 fully saturated rings. The molecule has 2 amide bonds. The summed E-state index contributed by atoms with van der Waals surface area (Å²) in [7, 11) is 0. The smallest absolute Gasteiger partial charge is 0.433 e. The van der Waals surface area contributed by atoms with Crippen molar-refractivity contribution in [1.82, 2.24) is 29.7 Å². The van der Waals surface area contributed by atoms with E-state index in [4.69, 9.17) is 4.42 Å². The molecule has 5 aromatic heterocycles. The fourth-order valence-corrected chi connectivity index (χ4v) is 4.72. The summed E-state index contributed by atoms with van der Waals surface area (Å²) in [6, 6.07) is 9.01. The molecule has 0 aliphatic heterocycles. The van der Waals surface area contributed by atoms with Crippen LogP contribution >= 0.6 is 11.3 Å². The number of hydrogen-bond donors (Lipinski definition) is 2. The average molecular weight is 558 g/mol. The third-order valence-corrected chi connectivity index (χ3v) is 7.02. The molecule has 14 heteroatoms. The molecule has 5 heterocycles. The molecule has 0 aromatic carbocycles. The van der Waals surface area contributed by atoms with Crippen molar-refractivity contribution in [2.24, 2.45) is 0 Å². The molecule has 0 bridgehead atoms. The Morgan fingerprint density at radius 3 is 2.59 bits per heavy atom. The predicted octanol–water partition coefficient (Wildman–Crippen LogP) is 5.03. The quantitative estimate of drug-likeness (QED) is 0.276. The van der Waals surface area contributed by atoms with Gasteiger partial charge in [0.1, 0.15) is 5.76 Å². The van der Waals surface area contributed by atoms with Crippen LogP contribution in [0.25, 0.3) is 16.2 Å². The molecule has 5 rings (SSSR count). The van der Waals surface area contributed by atoms with E-state index in [0.29, 0.717) is 21.7 Å². The van der Waals surface area contributed by atoms with E-state index in [2.05, 4.69) is 25.8 Å². The first-order chi connectivity index (χ1) is 18.7. The van der Waals surface area contributed by atoms with Gasteiger partial charge >= 0.3 is 6.18 Å². The van der Waals surface area contributed by atoms with Crippen LogP contribution < -0.4 is 10.6 Å². The molecular formula is C25H22F3N7O3S. The summed E-state index contributed by atoms with van der Waals surface area (Å²) in [5.41, 5.74) is -1.38. The number of nitrogens with zero attached hydrogens (tertiary/aromatic N) is 5. The van der Waals surface area contributed by atoms with Crippen molar-refractivity contribution in [3.63, 3.8) is 0 Å². The molecule has 10 nitrogen and oxygen atoms in total. The van der Waals surface area contributed by atoms with Crippen molar-refractivity contribution in [3.05, 3.63) is 76.6 Å². The topological polar surface area (TPSA) is 119 Å². The maximum atomic E-state index is 14.0. The van der Waals surface area contributed by atoms with Gasteiger partial charge in [0.05, 0.1) is 29.1 Å². The van der Waals surface area contributed by atoms with Crippen LogP contribution in [0.15, 0.2) is 53.3 Å². The highest BCUT2D eigenvalue weighted by Crippen LogP contribution is 2.34. The predicted molar refractivity (Wildman–Crippen MR) is 136 cm³/mol. The average Bonchev–Trinajstić information content (AvgIpc) is 3.71. The molecule has 0 unspecified atom stereocenters. The number of nitrogens with one attached hydrogen (secondary N) is 2. The number of aromatic nitrogens is 5. The van der Waals surface area contributed by atoms with E-state index >= 15 is 0 Å². The number of thiophene rings is 1. The number of amides is 2. The highest BCUT2D eigenvalue weighted by Gasteiger charge is 2.36. The first kappa shape index (κ1) is 26.2. The molecule has 202 valence electrons. The summed E-state index contributed by atoms with van der Waals surface area (Å²) in [6.45, 7) is 4.26. The van der Waals surface area contributed by atoms with Gasteiger partial charge < -0.3 is 15.1 Å². The van der Waals surface area contributed by atoms with Gasteiger partial charge in [-0.3, -0.25) is 14.3 Å². The first-order valence-corrected chi connectivity index (χ1v) is 12.7. The number of aryl methyl sites for hydroxylation is 2. The molecule has 0 radical (unpaired) electrons. The van der Waals surface area contributed by atoms with Crippen molar-refractivity contribution in [2.75, 3.05) is 5.32 Å². The number of alkyl halides is 3. The fraction of sp³-hybridized carbons (Fsp3) is 0.240. The molecule has 5 aromatic rings. The summed E-state index contributed by atoms with van der Waals surface area (Å²) in [6.07, 6.45) is -1.08. The second kappa shape index (κ2) is 10.4. The Kier molecular flexibility index (Phi) is 6.95. The molecule has 2 N–H and O–H groups in total. The van der Waals surface area contributed by atoms with Crippen LogP contribution in [0.3, 0.4) is 0 Å². The molecule has 0 aliphatic rings. The Morgan fingerprint density at radius 1 is 1.10 bits per heavy atom. The van der Waals surface area contributed by atoms with Gasteiger partial charge in [0.25, 0.3) is 11.8 Å². The second-order valence-electron chi connectivity index (χ2n) is 8.41. The third kappa shape index (κ3) is 5.41. The molecule has 0 saturated carbocycles. The van der Waals surface area contributed by atoms with Crippen LogP contribution in [0.4, 0.5) is 18.9 Å². The lowest BCUT2D eigenvalue weighted by molar-refractivity contribution is -0.142. The lowest BCUT2D eigenvalue weighted by atomic mass is 10.2. The molecule has 0 spiro atoms. The van der Waals surface area contributed by atoms with Gasteiger partial charge in [0, 0.05) is 23.7 Å². The SMILES string of the molecule is CCc1ccc(-c2cc(C(F)(F)F)n3nc(C(=O)Nc4cn(CC)nc4C(=O)NCc4ccco4)cc3n2)s1. The number of fused-ring (bicyclic) bond motifs is 1. The zero-order chi connectivity index (χ0) is 27.7. The summed E-state index contributed by atoms with van der Waals surface area (Å²) < 4.78 is 49.1. The Labute approximate surface area is 223 Å². The van der Waals surface area contributed by atoms with Crippen LogP contribution in [-0.2, 0) is 25.7 Å². The number of carbonyl (C=O) groups is 2. The Balaban J connectivity index is 1.45. The van der Waals surface area contributed by atoms with Crippen molar-refractivity contribution >= 4 is 34.5 Å². The monoisotopic (exact) mass is 557 g/mol. The van der Waals surface area contributed by atoms with Crippen molar-refractivity contribution < 1.29 is 27.2 Å². The van der Waals surface area contributed by atoms with E-state index in [9.17, 15) is 22.8 Å². The molecule has 0 aliphatic carbocycles. The zero-order valence-corrected chi connectivity index (χ0v) is 21.6. The summed E-state index contributed by atoms with van der Waals surface area (Å²) >= 11 is 1.35. The van der Waals surface area contributed by atoms with Gasteiger partial charge in [0.2, 0.25) is 0 Å². The number of halogens is 3. The maximum absolute atomic E-state index is 14.0. The minimum absolute atomic E-state index is 0.0682. The number of rotatable bonds is 8. The third-order valence-electron chi connectivity index (χ3n) is 5.77. The Bertz CT molecular complexity index is 1650. The zero-order valence-electron chi connectivity index (χ0n) is 20.7. The molecule has 0 atom stereocenters. The summed E-state index contributed by atoms with van der Waals surface area (Å²) in [5, 5.41) is 13.3. The number of carbonyl (C=O) groups excluding carboxylic acids is 2. The minimum Gasteiger partial charge on any atom is -0.467 e. The van der Waals surface area contributed by atoms with Crippen LogP contribution in [-0.4, -0.2) is 36.2 Å². The molecular weight excluding hydrogens is 535 g/mol. The highest BCUT2D eigenvalue weighted by atomic mass is 32.1. The largest absolute Gasteiger partial charge is 0.467 e. The molecule has 39 heavy (non-hydrogen) atoms. The Hall–Kier alpha value is -4.46. The summed E-state index contributed by atoms with van der Waals surface area (Å²) in [4.78, 5) is 31.8. The van der Waals surface area contributed by atoms with Crippen LogP contribution in [0.2, 0.25) is 0 Å². The minimum atomic E-state index is -4.75. The van der Waals surface area contributed by atoms with Crippen molar-refractivity contribution in [1.29, 1.82) is 0 Å².